The molecule has 0 unspecified atom stereocenters. The lowest BCUT2D eigenvalue weighted by atomic mass is 10.1. The number of carbonyl (C=O) groups excluding carboxylic acids is 1. The van der Waals surface area contributed by atoms with E-state index in [-0.39, 0.29) is 30.2 Å². The Balaban J connectivity index is 1.94. The number of rotatable bonds is 8. The van der Waals surface area contributed by atoms with E-state index < -0.39 is 5.97 Å². The van der Waals surface area contributed by atoms with E-state index in [1.807, 2.05) is 39.8 Å². The predicted molar refractivity (Wildman–Crippen MR) is 131 cm³/mol. The summed E-state index contributed by atoms with van der Waals surface area (Å²) in [5.74, 6) is -0.0971. The van der Waals surface area contributed by atoms with E-state index in [2.05, 4.69) is 4.99 Å². The van der Waals surface area contributed by atoms with Crippen LogP contribution >= 0.6 is 11.8 Å². The number of methoxy groups -OCH3 is 1. The number of aliphatic imine (C=N–C) groups is 1. The molecule has 1 aliphatic rings. The molecular weight excluding hydrogens is 440 g/mol. The number of carboxylic acid groups (broad SMARTS) is 1. The Bertz CT molecular complexity index is 1110. The van der Waals surface area contributed by atoms with Gasteiger partial charge in [-0.05, 0) is 69.3 Å². The molecule has 0 saturated carbocycles. The molecule has 0 atom stereocenters. The standard InChI is InChI=1S/C25H28N2O5S/c1-15(2)26-25-27(16(3)4)23(28)21(33-25)13-18-9-7-11-20(31-5)22(18)32-14-17-8-6-10-19(12-17)24(29)30/h6-13,15-16H,14H2,1-5H3,(H,29,30)/b21-13+,26-25?. The number of benzene rings is 2. The number of hydrogen-bond acceptors (Lipinski definition) is 6. The van der Waals surface area contributed by atoms with Crippen LogP contribution < -0.4 is 9.47 Å². The molecule has 1 saturated heterocycles. The molecule has 1 aliphatic heterocycles. The molecule has 0 spiro atoms. The number of amides is 1. The van der Waals surface area contributed by atoms with Gasteiger partial charge in [0.1, 0.15) is 6.61 Å². The molecule has 1 N–H and O–H groups in total. The van der Waals surface area contributed by atoms with Gasteiger partial charge in [0.25, 0.3) is 5.91 Å². The molecule has 0 bridgehead atoms. The molecule has 3 rings (SSSR count). The molecule has 174 valence electrons. The van der Waals surface area contributed by atoms with Crippen LogP contribution in [-0.2, 0) is 11.4 Å². The van der Waals surface area contributed by atoms with E-state index in [9.17, 15) is 14.7 Å². The van der Waals surface area contributed by atoms with Crippen molar-refractivity contribution in [2.75, 3.05) is 7.11 Å². The Morgan fingerprint density at radius 3 is 2.55 bits per heavy atom. The third-order valence-electron chi connectivity index (χ3n) is 4.79. The summed E-state index contributed by atoms with van der Waals surface area (Å²) in [7, 11) is 1.55. The van der Waals surface area contributed by atoms with Crippen molar-refractivity contribution in [3.63, 3.8) is 0 Å². The summed E-state index contributed by atoms with van der Waals surface area (Å²) in [6.45, 7) is 8.03. The van der Waals surface area contributed by atoms with Gasteiger partial charge in [0.15, 0.2) is 16.7 Å². The summed E-state index contributed by atoms with van der Waals surface area (Å²) in [5.41, 5.74) is 1.59. The maximum atomic E-state index is 13.1. The molecule has 1 fully saturated rings. The Labute approximate surface area is 198 Å². The van der Waals surface area contributed by atoms with Crippen molar-refractivity contribution in [2.45, 2.75) is 46.4 Å². The van der Waals surface area contributed by atoms with Crippen molar-refractivity contribution >= 4 is 34.9 Å². The normalized spacial score (nSPS) is 16.3. The van der Waals surface area contributed by atoms with Crippen LogP contribution in [0, 0.1) is 0 Å². The van der Waals surface area contributed by atoms with E-state index in [4.69, 9.17) is 9.47 Å². The third kappa shape index (κ3) is 5.76. The number of carbonyl (C=O) groups is 2. The van der Waals surface area contributed by atoms with Crippen LogP contribution in [0.4, 0.5) is 0 Å². The van der Waals surface area contributed by atoms with Gasteiger partial charge in [-0.15, -0.1) is 0 Å². The Hall–Kier alpha value is -3.26. The van der Waals surface area contributed by atoms with E-state index in [1.54, 1.807) is 42.4 Å². The van der Waals surface area contributed by atoms with E-state index in [0.29, 0.717) is 32.7 Å². The van der Waals surface area contributed by atoms with Gasteiger partial charge in [0.05, 0.1) is 17.6 Å². The highest BCUT2D eigenvalue weighted by atomic mass is 32.2. The number of aromatic carboxylic acids is 1. The lowest BCUT2D eigenvalue weighted by Gasteiger charge is -2.20. The van der Waals surface area contributed by atoms with Crippen molar-refractivity contribution in [1.82, 2.24) is 4.90 Å². The van der Waals surface area contributed by atoms with Gasteiger partial charge < -0.3 is 14.6 Å². The predicted octanol–water partition coefficient (Wildman–Crippen LogP) is 5.06. The molecule has 0 aromatic heterocycles. The fourth-order valence-electron chi connectivity index (χ4n) is 3.31. The van der Waals surface area contributed by atoms with E-state index >= 15 is 0 Å². The molecule has 33 heavy (non-hydrogen) atoms. The number of thioether (sulfide) groups is 1. The second kappa shape index (κ2) is 10.6. The monoisotopic (exact) mass is 468 g/mol. The highest BCUT2D eigenvalue weighted by Gasteiger charge is 2.35. The lowest BCUT2D eigenvalue weighted by Crippen LogP contribution is -2.35. The molecule has 2 aromatic rings. The summed E-state index contributed by atoms with van der Waals surface area (Å²) >= 11 is 1.35. The fourth-order valence-corrected chi connectivity index (χ4v) is 4.53. The molecule has 0 radical (unpaired) electrons. The van der Waals surface area contributed by atoms with Crippen LogP contribution in [0.1, 0.15) is 49.2 Å². The van der Waals surface area contributed by atoms with Gasteiger partial charge in [0, 0.05) is 17.6 Å². The first-order valence-electron chi connectivity index (χ1n) is 10.6. The average molecular weight is 469 g/mol. The minimum atomic E-state index is -0.995. The minimum absolute atomic E-state index is 0.0176. The van der Waals surface area contributed by atoms with Gasteiger partial charge in [-0.2, -0.15) is 0 Å². The number of para-hydroxylation sites is 1. The highest BCUT2D eigenvalue weighted by molar-refractivity contribution is 8.18. The Morgan fingerprint density at radius 2 is 1.91 bits per heavy atom. The molecule has 1 heterocycles. The Morgan fingerprint density at radius 1 is 1.18 bits per heavy atom. The van der Waals surface area contributed by atoms with Crippen LogP contribution in [0.25, 0.3) is 6.08 Å². The number of ether oxygens (including phenoxy) is 2. The lowest BCUT2D eigenvalue weighted by molar-refractivity contribution is -0.123. The van der Waals surface area contributed by atoms with Crippen molar-refractivity contribution in [3.05, 3.63) is 64.1 Å². The van der Waals surface area contributed by atoms with Crippen LogP contribution in [-0.4, -0.2) is 46.2 Å². The number of amidine groups is 1. The van der Waals surface area contributed by atoms with E-state index in [1.165, 1.54) is 17.8 Å². The minimum Gasteiger partial charge on any atom is -0.493 e. The first kappa shape index (κ1) is 24.4. The summed E-state index contributed by atoms with van der Waals surface area (Å²) in [6.07, 6.45) is 1.79. The SMILES string of the molecule is COc1cccc(/C=C2/SC(=NC(C)C)N(C(C)C)C2=O)c1OCc1cccc(C(=O)O)c1. The van der Waals surface area contributed by atoms with Crippen molar-refractivity contribution in [1.29, 1.82) is 0 Å². The zero-order valence-corrected chi connectivity index (χ0v) is 20.2. The van der Waals surface area contributed by atoms with Crippen LogP contribution in [0.2, 0.25) is 0 Å². The van der Waals surface area contributed by atoms with Crippen LogP contribution in [0.5, 0.6) is 11.5 Å². The smallest absolute Gasteiger partial charge is 0.335 e. The first-order chi connectivity index (χ1) is 15.7. The second-order valence-electron chi connectivity index (χ2n) is 8.06. The zero-order valence-electron chi connectivity index (χ0n) is 19.4. The van der Waals surface area contributed by atoms with Gasteiger partial charge in [-0.1, -0.05) is 24.3 Å². The third-order valence-corrected chi connectivity index (χ3v) is 5.79. The molecule has 7 nitrogen and oxygen atoms in total. The average Bonchev–Trinajstić information content (AvgIpc) is 3.06. The van der Waals surface area contributed by atoms with E-state index in [0.717, 1.165) is 0 Å². The molecular formula is C25H28N2O5S. The zero-order chi connectivity index (χ0) is 24.1. The topological polar surface area (TPSA) is 88.4 Å². The second-order valence-corrected chi connectivity index (χ2v) is 9.07. The van der Waals surface area contributed by atoms with Crippen molar-refractivity contribution in [2.24, 2.45) is 4.99 Å². The first-order valence-corrected chi connectivity index (χ1v) is 11.5. The quantitative estimate of drug-likeness (QED) is 0.545. The summed E-state index contributed by atoms with van der Waals surface area (Å²) in [6, 6.07) is 12.1. The number of nitrogens with zero attached hydrogens (tertiary/aromatic N) is 2. The highest BCUT2D eigenvalue weighted by Crippen LogP contribution is 2.38. The summed E-state index contributed by atoms with van der Waals surface area (Å²) in [4.78, 5) is 31.2. The number of carboxylic acids is 1. The van der Waals surface area contributed by atoms with Crippen LogP contribution in [0.15, 0.2) is 52.4 Å². The van der Waals surface area contributed by atoms with Crippen molar-refractivity contribution in [3.8, 4) is 11.5 Å². The Kier molecular flexibility index (Phi) is 7.81. The molecule has 8 heteroatoms. The maximum Gasteiger partial charge on any atom is 0.335 e. The van der Waals surface area contributed by atoms with Gasteiger partial charge in [-0.25, -0.2) is 4.79 Å². The molecule has 2 aromatic carbocycles. The fraction of sp³-hybridized carbons (Fsp3) is 0.320. The van der Waals surface area contributed by atoms with Gasteiger partial charge in [0.2, 0.25) is 0 Å². The molecule has 0 aliphatic carbocycles. The largest absolute Gasteiger partial charge is 0.493 e. The van der Waals surface area contributed by atoms with Crippen molar-refractivity contribution < 1.29 is 24.2 Å². The molecule has 1 amide bonds. The van der Waals surface area contributed by atoms with Gasteiger partial charge >= 0.3 is 5.97 Å². The maximum absolute atomic E-state index is 13.1. The number of hydrogen-bond donors (Lipinski definition) is 1. The summed E-state index contributed by atoms with van der Waals surface area (Å²) in [5, 5.41) is 9.91. The van der Waals surface area contributed by atoms with Crippen LogP contribution in [0.3, 0.4) is 0 Å². The summed E-state index contributed by atoms with van der Waals surface area (Å²) < 4.78 is 11.6. The van der Waals surface area contributed by atoms with Gasteiger partial charge in [-0.3, -0.25) is 14.7 Å².